The fourth-order valence-corrected chi connectivity index (χ4v) is 10.5. The zero-order valence-corrected chi connectivity index (χ0v) is 31.1. The number of hydrogen-bond acceptors (Lipinski definition) is 1. The summed E-state index contributed by atoms with van der Waals surface area (Å²) in [6.07, 6.45) is 0. The smallest absolute Gasteiger partial charge is 0.333 e. The first-order valence-corrected chi connectivity index (χ1v) is 19.5. The van der Waals surface area contributed by atoms with E-state index in [9.17, 15) is 0 Å². The lowest BCUT2D eigenvalue weighted by atomic mass is 9.43. The van der Waals surface area contributed by atoms with Gasteiger partial charge in [0.1, 0.15) is 0 Å². The molecule has 0 fully saturated rings. The number of anilines is 2. The quantitative estimate of drug-likeness (QED) is 0.167. The second-order valence-electron chi connectivity index (χ2n) is 16.1. The molecule has 3 heteroatoms. The Morgan fingerprint density at radius 3 is 2.07 bits per heavy atom. The van der Waals surface area contributed by atoms with Crippen molar-refractivity contribution in [3.05, 3.63) is 187 Å². The number of aryl methyl sites for hydroxylation is 1. The van der Waals surface area contributed by atoms with Crippen molar-refractivity contribution >= 4 is 50.8 Å². The van der Waals surface area contributed by atoms with Gasteiger partial charge in [-0.3, -0.25) is 0 Å². The lowest BCUT2D eigenvalue weighted by molar-refractivity contribution is 0.666. The highest BCUT2D eigenvalue weighted by Gasteiger charge is 2.48. The highest BCUT2D eigenvalue weighted by Crippen LogP contribution is 2.55. The van der Waals surface area contributed by atoms with E-state index in [2.05, 4.69) is 200 Å². The molecule has 2 nitrogen and oxygen atoms in total. The molecule has 8 aromatic carbocycles. The van der Waals surface area contributed by atoms with Crippen LogP contribution < -0.4 is 15.7 Å². The van der Waals surface area contributed by atoms with E-state index in [0.717, 1.165) is 0 Å². The zero-order valence-electron chi connectivity index (χ0n) is 31.1. The summed E-state index contributed by atoms with van der Waals surface area (Å²) in [6.45, 7) is 7.03. The Labute approximate surface area is 322 Å². The molecule has 1 aliphatic carbocycles. The second kappa shape index (κ2) is 11.0. The van der Waals surface area contributed by atoms with E-state index in [1.165, 1.54) is 111 Å². The van der Waals surface area contributed by atoms with Crippen molar-refractivity contribution in [2.75, 3.05) is 4.81 Å². The number of fused-ring (bicyclic) bond motifs is 11. The number of aromatic nitrogens is 1. The van der Waals surface area contributed by atoms with E-state index < -0.39 is 0 Å². The molecule has 0 saturated heterocycles. The van der Waals surface area contributed by atoms with Gasteiger partial charge in [0.25, 0.3) is 0 Å². The Hall–Kier alpha value is -6.58. The Morgan fingerprint density at radius 2 is 1.24 bits per heavy atom. The van der Waals surface area contributed by atoms with Crippen LogP contribution in [0, 0.1) is 6.92 Å². The predicted molar refractivity (Wildman–Crippen MR) is 233 cm³/mol. The molecule has 0 atom stereocenters. The summed E-state index contributed by atoms with van der Waals surface area (Å²) < 4.78 is 2.66. The van der Waals surface area contributed by atoms with Gasteiger partial charge in [0.15, 0.2) is 0 Å². The van der Waals surface area contributed by atoms with E-state index in [0.29, 0.717) is 0 Å². The van der Waals surface area contributed by atoms with Gasteiger partial charge in [-0.25, -0.2) is 0 Å². The Kier molecular flexibility index (Phi) is 6.16. The largest absolute Gasteiger partial charge is 0.376 e. The van der Waals surface area contributed by atoms with Crippen molar-refractivity contribution in [1.82, 2.24) is 4.57 Å². The van der Waals surface area contributed by atoms with Gasteiger partial charge >= 0.3 is 6.85 Å². The van der Waals surface area contributed by atoms with Crippen LogP contribution in [0.3, 0.4) is 0 Å². The van der Waals surface area contributed by atoms with Crippen molar-refractivity contribution in [1.29, 1.82) is 0 Å². The van der Waals surface area contributed by atoms with Gasteiger partial charge in [0.05, 0.1) is 11.2 Å². The molecule has 3 aliphatic rings. The molecule has 0 bridgehead atoms. The van der Waals surface area contributed by atoms with E-state index in [-0.39, 0.29) is 12.3 Å². The van der Waals surface area contributed by atoms with Crippen LogP contribution in [-0.2, 0) is 5.41 Å². The van der Waals surface area contributed by atoms with Gasteiger partial charge in [0, 0.05) is 44.4 Å². The number of benzene rings is 8. The summed E-state index contributed by atoms with van der Waals surface area (Å²) in [5, 5.41) is 3.87. The highest BCUT2D eigenvalue weighted by molar-refractivity contribution is 6.93. The van der Waals surface area contributed by atoms with E-state index >= 15 is 0 Å². The third-order valence-electron chi connectivity index (χ3n) is 12.9. The van der Waals surface area contributed by atoms with Gasteiger partial charge in [-0.2, -0.15) is 0 Å². The summed E-state index contributed by atoms with van der Waals surface area (Å²) in [4.78, 5) is 2.67. The molecule has 55 heavy (non-hydrogen) atoms. The normalized spacial score (nSPS) is 14.2. The molecule has 3 heterocycles. The highest BCUT2D eigenvalue weighted by atomic mass is 15.1. The van der Waals surface area contributed by atoms with Crippen LogP contribution in [-0.4, -0.2) is 11.4 Å². The van der Waals surface area contributed by atoms with Crippen LogP contribution in [0.5, 0.6) is 0 Å². The first kappa shape index (κ1) is 30.8. The van der Waals surface area contributed by atoms with Crippen LogP contribution in [0.4, 0.5) is 11.4 Å². The SMILES string of the molecule is Cc1ccccc1-c1cc2c3c(c1)-n1c4c(c5cccc(c51)B3N(c1ccc(-c3ccccc3)cc1)c1c-2ccc2ccccc12)C(C)(C)c1ccccc1-4. The molecular formula is C52H37BN2. The third kappa shape index (κ3) is 4.05. The molecule has 0 saturated carbocycles. The standard InChI is InChI=1S/C52H37BN2/c1-32-14-7-9-18-38(32)36-30-43-40-29-26-35-17-8-10-19-39(35)49(40)55(37-27-24-34(25-28-37)33-15-5-4-6-16-33)53-45-23-13-21-42-47-51(54(50(42)45)46(31-36)48(43)53)41-20-11-12-22-44(41)52(47,2)3/h4-31H,1-3H3. The minimum Gasteiger partial charge on any atom is -0.376 e. The molecule has 1 aromatic heterocycles. The van der Waals surface area contributed by atoms with Crippen LogP contribution in [0.15, 0.2) is 170 Å². The molecule has 9 aromatic rings. The van der Waals surface area contributed by atoms with Gasteiger partial charge in [0.2, 0.25) is 0 Å². The van der Waals surface area contributed by atoms with Gasteiger partial charge in [-0.15, -0.1) is 0 Å². The van der Waals surface area contributed by atoms with Crippen molar-refractivity contribution in [3.8, 4) is 50.3 Å². The van der Waals surface area contributed by atoms with Crippen molar-refractivity contribution in [2.45, 2.75) is 26.2 Å². The third-order valence-corrected chi connectivity index (χ3v) is 12.9. The molecule has 258 valence electrons. The molecule has 2 aliphatic heterocycles. The van der Waals surface area contributed by atoms with Crippen LogP contribution in [0.25, 0.3) is 72.0 Å². The maximum atomic E-state index is 2.67. The molecule has 0 amide bonds. The van der Waals surface area contributed by atoms with E-state index in [1.807, 2.05) is 0 Å². The molecule has 0 radical (unpaired) electrons. The summed E-state index contributed by atoms with van der Waals surface area (Å²) >= 11 is 0. The first-order chi connectivity index (χ1) is 27.0. The molecule has 0 spiro atoms. The molecule has 0 unspecified atom stereocenters. The van der Waals surface area contributed by atoms with E-state index in [1.54, 1.807) is 0 Å². The Balaban J connectivity index is 1.24. The minimum absolute atomic E-state index is 0.0404. The van der Waals surface area contributed by atoms with Crippen LogP contribution in [0.2, 0.25) is 0 Å². The number of nitrogens with zero attached hydrogens (tertiary/aromatic N) is 2. The molecule has 0 N–H and O–H groups in total. The van der Waals surface area contributed by atoms with Crippen molar-refractivity contribution < 1.29 is 0 Å². The summed E-state index contributed by atoms with van der Waals surface area (Å²) in [6, 6.07) is 63.7. The average Bonchev–Trinajstić information content (AvgIpc) is 3.71. The monoisotopic (exact) mass is 700 g/mol. The van der Waals surface area contributed by atoms with Gasteiger partial charge in [-0.05, 0) is 92.0 Å². The molecule has 12 rings (SSSR count). The van der Waals surface area contributed by atoms with Gasteiger partial charge in [-0.1, -0.05) is 159 Å². The summed E-state index contributed by atoms with van der Waals surface area (Å²) in [7, 11) is 0. The number of para-hydroxylation sites is 1. The number of rotatable bonds is 3. The predicted octanol–water partition coefficient (Wildman–Crippen LogP) is 12.0. The fourth-order valence-electron chi connectivity index (χ4n) is 10.5. The molecular weight excluding hydrogens is 663 g/mol. The zero-order chi connectivity index (χ0) is 36.6. The minimum atomic E-state index is -0.142. The lowest BCUT2D eigenvalue weighted by Crippen LogP contribution is -2.60. The Bertz CT molecular complexity index is 3080. The average molecular weight is 701 g/mol. The van der Waals surface area contributed by atoms with Gasteiger partial charge < -0.3 is 9.38 Å². The van der Waals surface area contributed by atoms with Crippen LogP contribution in [0.1, 0.15) is 30.5 Å². The number of hydrogen-bond donors (Lipinski definition) is 0. The van der Waals surface area contributed by atoms with Crippen molar-refractivity contribution in [2.24, 2.45) is 0 Å². The second-order valence-corrected chi connectivity index (χ2v) is 16.1. The maximum Gasteiger partial charge on any atom is 0.333 e. The fraction of sp³-hybridized carbons (Fsp3) is 0.0769. The van der Waals surface area contributed by atoms with Crippen LogP contribution >= 0.6 is 0 Å². The summed E-state index contributed by atoms with van der Waals surface area (Å²) in [5.41, 5.74) is 22.0. The summed E-state index contributed by atoms with van der Waals surface area (Å²) in [5.74, 6) is 0. The first-order valence-electron chi connectivity index (χ1n) is 19.5. The van der Waals surface area contributed by atoms with Crippen molar-refractivity contribution in [3.63, 3.8) is 0 Å². The van der Waals surface area contributed by atoms with E-state index in [4.69, 9.17) is 0 Å². The maximum absolute atomic E-state index is 2.67. The topological polar surface area (TPSA) is 8.17 Å². The Morgan fingerprint density at radius 1 is 0.527 bits per heavy atom. The lowest BCUT2D eigenvalue weighted by Gasteiger charge is -2.43.